The molecule has 0 atom stereocenters. The summed E-state index contributed by atoms with van der Waals surface area (Å²) in [5.74, 6) is 0. The molecule has 0 saturated carbocycles. The largest absolute Gasteiger partial charge is 0.344 e. The predicted octanol–water partition coefficient (Wildman–Crippen LogP) is 4.00. The van der Waals surface area contributed by atoms with Gasteiger partial charge < -0.3 is 0 Å². The monoisotopic (exact) mass is 313 g/mol. The molecule has 0 aromatic heterocycles. The fourth-order valence-electron chi connectivity index (χ4n) is 1.68. The van der Waals surface area contributed by atoms with Gasteiger partial charge in [-0.05, 0) is 32.9 Å². The molecule has 0 radical (unpaired) electrons. The van der Waals surface area contributed by atoms with Crippen molar-refractivity contribution in [1.29, 1.82) is 0 Å². The van der Waals surface area contributed by atoms with Gasteiger partial charge in [0.15, 0.2) is 0 Å². The van der Waals surface area contributed by atoms with Gasteiger partial charge in [-0.1, -0.05) is 23.7 Å². The number of para-hydroxylation sites is 1. The van der Waals surface area contributed by atoms with Crippen molar-refractivity contribution in [2.24, 2.45) is 0 Å². The van der Waals surface area contributed by atoms with E-state index in [0.29, 0.717) is 10.7 Å². The highest BCUT2D eigenvalue weighted by molar-refractivity contribution is 7.99. The third-order valence-electron chi connectivity index (χ3n) is 2.77. The standard InChI is InChI=1S/C13H16ClN3O2S/c1-13(2,3)17-12(19)15(4)11(18)16(20-17)10-8-6-5-7-9(10)14/h5-8H,1-4H3. The quantitative estimate of drug-likeness (QED) is 0.736. The van der Waals surface area contributed by atoms with Gasteiger partial charge in [-0.15, -0.1) is 0 Å². The Balaban J connectivity index is 2.42. The van der Waals surface area contributed by atoms with Crippen molar-refractivity contribution in [2.45, 2.75) is 26.3 Å². The van der Waals surface area contributed by atoms with Crippen molar-refractivity contribution in [3.8, 4) is 0 Å². The Kier molecular flexibility index (Phi) is 3.88. The minimum absolute atomic E-state index is 0.337. The molecule has 0 unspecified atom stereocenters. The van der Waals surface area contributed by atoms with Crippen LogP contribution in [0.4, 0.5) is 15.3 Å². The van der Waals surface area contributed by atoms with Gasteiger partial charge >= 0.3 is 12.1 Å². The highest BCUT2D eigenvalue weighted by atomic mass is 35.5. The van der Waals surface area contributed by atoms with Crippen LogP contribution in [0.15, 0.2) is 24.3 Å². The van der Waals surface area contributed by atoms with E-state index in [1.807, 2.05) is 20.8 Å². The van der Waals surface area contributed by atoms with Crippen molar-refractivity contribution < 1.29 is 9.59 Å². The highest BCUT2D eigenvalue weighted by Gasteiger charge is 2.42. The summed E-state index contributed by atoms with van der Waals surface area (Å²) < 4.78 is 2.98. The summed E-state index contributed by atoms with van der Waals surface area (Å²) in [5, 5.41) is 0.463. The molecule has 1 aliphatic heterocycles. The maximum absolute atomic E-state index is 12.3. The predicted molar refractivity (Wildman–Crippen MR) is 81.7 cm³/mol. The minimum Gasteiger partial charge on any atom is -0.247 e. The van der Waals surface area contributed by atoms with Gasteiger partial charge in [-0.3, -0.25) is 0 Å². The molecule has 2 rings (SSSR count). The molecular formula is C13H16ClN3O2S. The first kappa shape index (κ1) is 15.0. The van der Waals surface area contributed by atoms with Crippen LogP contribution in [0.3, 0.4) is 0 Å². The van der Waals surface area contributed by atoms with Crippen molar-refractivity contribution in [3.63, 3.8) is 0 Å². The lowest BCUT2D eigenvalue weighted by Gasteiger charge is -2.43. The molecule has 0 aliphatic carbocycles. The molecule has 1 fully saturated rings. The molecule has 1 saturated heterocycles. The maximum Gasteiger partial charge on any atom is 0.344 e. The molecule has 20 heavy (non-hydrogen) atoms. The van der Waals surface area contributed by atoms with E-state index in [4.69, 9.17) is 11.6 Å². The molecule has 4 amide bonds. The van der Waals surface area contributed by atoms with Gasteiger partial charge in [0.25, 0.3) is 0 Å². The van der Waals surface area contributed by atoms with E-state index >= 15 is 0 Å². The summed E-state index contributed by atoms with van der Waals surface area (Å²) >= 11 is 7.21. The lowest BCUT2D eigenvalue weighted by Crippen LogP contribution is -2.57. The van der Waals surface area contributed by atoms with Gasteiger partial charge in [-0.25, -0.2) is 23.1 Å². The number of nitrogens with zero attached hydrogens (tertiary/aromatic N) is 3. The molecule has 1 aromatic carbocycles. The van der Waals surface area contributed by atoms with Crippen LogP contribution in [0.1, 0.15) is 20.8 Å². The number of anilines is 1. The summed E-state index contributed by atoms with van der Waals surface area (Å²) in [5.41, 5.74) is 0.147. The van der Waals surface area contributed by atoms with Gasteiger partial charge in [0.05, 0.1) is 22.8 Å². The zero-order valence-corrected chi connectivity index (χ0v) is 13.3. The van der Waals surface area contributed by atoms with E-state index in [9.17, 15) is 9.59 Å². The first-order chi connectivity index (χ1) is 9.23. The van der Waals surface area contributed by atoms with E-state index in [1.165, 1.54) is 11.4 Å². The number of hydrogen-bond donors (Lipinski definition) is 0. The third kappa shape index (κ3) is 2.58. The Morgan fingerprint density at radius 2 is 1.70 bits per heavy atom. The van der Waals surface area contributed by atoms with Crippen molar-refractivity contribution >= 4 is 41.5 Å². The number of carbonyl (C=O) groups excluding carboxylic acids is 2. The fraction of sp³-hybridized carbons (Fsp3) is 0.385. The average molecular weight is 314 g/mol. The molecule has 0 N–H and O–H groups in total. The van der Waals surface area contributed by atoms with Crippen LogP contribution in [0.25, 0.3) is 0 Å². The van der Waals surface area contributed by atoms with Crippen LogP contribution in [0, 0.1) is 0 Å². The SMILES string of the molecule is CN1C(=O)N(c2ccccc2Cl)SN(C(C)(C)C)C1=O. The lowest BCUT2D eigenvalue weighted by molar-refractivity contribution is 0.165. The number of imide groups is 1. The van der Waals surface area contributed by atoms with E-state index in [2.05, 4.69) is 0 Å². The van der Waals surface area contributed by atoms with Gasteiger partial charge in [-0.2, -0.15) is 0 Å². The van der Waals surface area contributed by atoms with Crippen LogP contribution in [0.5, 0.6) is 0 Å². The van der Waals surface area contributed by atoms with E-state index in [-0.39, 0.29) is 6.03 Å². The normalized spacial score (nSPS) is 16.9. The zero-order chi connectivity index (χ0) is 15.1. The van der Waals surface area contributed by atoms with E-state index in [0.717, 1.165) is 17.0 Å². The number of amides is 4. The van der Waals surface area contributed by atoms with E-state index < -0.39 is 11.6 Å². The molecule has 5 nitrogen and oxygen atoms in total. The Hall–Kier alpha value is -1.40. The molecule has 0 bridgehead atoms. The Morgan fingerprint density at radius 1 is 1.10 bits per heavy atom. The number of rotatable bonds is 1. The molecule has 1 aliphatic rings. The number of benzene rings is 1. The molecule has 7 heteroatoms. The molecule has 1 aromatic rings. The summed E-state index contributed by atoms with van der Waals surface area (Å²) in [7, 11) is 1.47. The highest BCUT2D eigenvalue weighted by Crippen LogP contribution is 2.38. The summed E-state index contributed by atoms with van der Waals surface area (Å²) in [6.45, 7) is 5.73. The van der Waals surface area contributed by atoms with Gasteiger partial charge in [0.1, 0.15) is 0 Å². The third-order valence-corrected chi connectivity index (χ3v) is 4.47. The molecule has 108 valence electrons. The van der Waals surface area contributed by atoms with Crippen LogP contribution in [-0.2, 0) is 0 Å². The van der Waals surface area contributed by atoms with Crippen molar-refractivity contribution in [1.82, 2.24) is 9.21 Å². The first-order valence-electron chi connectivity index (χ1n) is 6.08. The first-order valence-corrected chi connectivity index (χ1v) is 7.19. The van der Waals surface area contributed by atoms with Crippen LogP contribution in [0.2, 0.25) is 5.02 Å². The molecule has 0 spiro atoms. The Morgan fingerprint density at radius 3 is 2.25 bits per heavy atom. The maximum atomic E-state index is 12.3. The number of carbonyl (C=O) groups is 2. The zero-order valence-electron chi connectivity index (χ0n) is 11.8. The van der Waals surface area contributed by atoms with Crippen molar-refractivity contribution in [2.75, 3.05) is 11.4 Å². The minimum atomic E-state index is -0.420. The van der Waals surface area contributed by atoms with E-state index in [1.54, 1.807) is 28.6 Å². The average Bonchev–Trinajstić information content (AvgIpc) is 2.36. The summed E-state index contributed by atoms with van der Waals surface area (Å²) in [4.78, 5) is 25.6. The van der Waals surface area contributed by atoms with Gasteiger partial charge in [0, 0.05) is 12.6 Å². The summed E-state index contributed by atoms with van der Waals surface area (Å²) in [6, 6.07) is 6.30. The number of urea groups is 2. The second-order valence-electron chi connectivity index (χ2n) is 5.42. The smallest absolute Gasteiger partial charge is 0.247 e. The van der Waals surface area contributed by atoms with Gasteiger partial charge in [0.2, 0.25) is 0 Å². The van der Waals surface area contributed by atoms with Crippen molar-refractivity contribution in [3.05, 3.63) is 29.3 Å². The second-order valence-corrected chi connectivity index (χ2v) is 6.72. The van der Waals surface area contributed by atoms with Crippen LogP contribution >= 0.6 is 23.7 Å². The number of hydrogen-bond acceptors (Lipinski definition) is 3. The Bertz CT molecular complexity index is 559. The molecular weight excluding hydrogens is 298 g/mol. The Labute approximate surface area is 127 Å². The number of halogens is 1. The van der Waals surface area contributed by atoms with Crippen LogP contribution in [-0.4, -0.2) is 33.9 Å². The summed E-state index contributed by atoms with van der Waals surface area (Å²) in [6.07, 6.45) is 0. The molecule has 1 heterocycles. The fourth-order valence-corrected chi connectivity index (χ4v) is 2.99. The topological polar surface area (TPSA) is 43.9 Å². The lowest BCUT2D eigenvalue weighted by atomic mass is 10.1. The second kappa shape index (κ2) is 5.18. The van der Waals surface area contributed by atoms with Crippen LogP contribution < -0.4 is 4.31 Å².